The average molecular weight is 146 g/mol. The van der Waals surface area contributed by atoms with E-state index < -0.39 is 23.8 Å². The highest BCUT2D eigenvalue weighted by Crippen LogP contribution is 1.93. The van der Waals surface area contributed by atoms with Crippen LogP contribution in [0.25, 0.3) is 0 Å². The van der Waals surface area contributed by atoms with Crippen LogP contribution in [0.4, 0.5) is 0 Å². The van der Waals surface area contributed by atoms with Gasteiger partial charge in [-0.3, -0.25) is 9.59 Å². The molecule has 58 valence electrons. The van der Waals surface area contributed by atoms with Gasteiger partial charge < -0.3 is 10.2 Å². The minimum absolute atomic E-state index is 0.742. The molecule has 4 nitrogen and oxygen atoms in total. The number of aliphatic hydroxyl groups excluding tert-OH is 2. The van der Waals surface area contributed by atoms with Crippen LogP contribution in [0.5, 0.6) is 0 Å². The van der Waals surface area contributed by atoms with Crippen LogP contribution in [0.2, 0.25) is 0 Å². The highest BCUT2D eigenvalue weighted by molar-refractivity contribution is 6.38. The maximum atomic E-state index is 10.5. The Kier molecular flexibility index (Phi) is 3.18. The van der Waals surface area contributed by atoms with Crippen LogP contribution in [-0.4, -0.2) is 34.0 Å². The predicted octanol–water partition coefficient (Wildman–Crippen LogP) is -1.11. The summed E-state index contributed by atoms with van der Waals surface area (Å²) in [6.45, 7) is 2.29. The van der Waals surface area contributed by atoms with Gasteiger partial charge in [0.25, 0.3) is 0 Å². The first-order valence-electron chi connectivity index (χ1n) is 2.87. The molecule has 0 radical (unpaired) electrons. The fraction of sp³-hybridized carbons (Fsp3) is 0.667. The molecule has 0 spiro atoms. The number of carbonyl (C=O) groups is 2. The largest absolute Gasteiger partial charge is 0.390 e. The molecule has 0 aromatic heterocycles. The predicted molar refractivity (Wildman–Crippen MR) is 33.4 cm³/mol. The van der Waals surface area contributed by atoms with Gasteiger partial charge in [0.2, 0.25) is 5.78 Å². The number of Topliss-reactive ketones (excluding diaryl/α,β-unsaturated/α-hetero) is 2. The van der Waals surface area contributed by atoms with Crippen LogP contribution in [0.1, 0.15) is 13.8 Å². The zero-order valence-electron chi connectivity index (χ0n) is 5.87. The van der Waals surface area contributed by atoms with Gasteiger partial charge in [-0.2, -0.15) is 0 Å². The van der Waals surface area contributed by atoms with Crippen molar-refractivity contribution in [3.8, 4) is 0 Å². The van der Waals surface area contributed by atoms with E-state index >= 15 is 0 Å². The van der Waals surface area contributed by atoms with Gasteiger partial charge in [0, 0.05) is 6.92 Å². The van der Waals surface area contributed by atoms with Gasteiger partial charge >= 0.3 is 0 Å². The number of hydrogen-bond donors (Lipinski definition) is 2. The fourth-order valence-electron chi connectivity index (χ4n) is 0.427. The summed E-state index contributed by atoms with van der Waals surface area (Å²) in [6.07, 6.45) is -2.76. The van der Waals surface area contributed by atoms with Gasteiger partial charge in [0.1, 0.15) is 6.10 Å². The summed E-state index contributed by atoms with van der Waals surface area (Å²) in [7, 11) is 0. The second-order valence-corrected chi connectivity index (χ2v) is 2.11. The molecule has 10 heavy (non-hydrogen) atoms. The molecule has 0 saturated carbocycles. The lowest BCUT2D eigenvalue weighted by Gasteiger charge is -2.08. The first-order chi connectivity index (χ1) is 4.46. The van der Waals surface area contributed by atoms with Gasteiger partial charge in [0.15, 0.2) is 5.78 Å². The lowest BCUT2D eigenvalue weighted by atomic mass is 10.1. The van der Waals surface area contributed by atoms with E-state index in [2.05, 4.69) is 0 Å². The van der Waals surface area contributed by atoms with E-state index in [1.807, 2.05) is 0 Å². The minimum Gasteiger partial charge on any atom is -0.390 e. The minimum atomic E-state index is -1.57. The summed E-state index contributed by atoms with van der Waals surface area (Å²) < 4.78 is 0. The summed E-state index contributed by atoms with van der Waals surface area (Å²) in [5.41, 5.74) is 0. The molecule has 0 aromatic rings. The van der Waals surface area contributed by atoms with E-state index in [0.29, 0.717) is 0 Å². The summed E-state index contributed by atoms with van der Waals surface area (Å²) in [6, 6.07) is 0. The molecular weight excluding hydrogens is 136 g/mol. The van der Waals surface area contributed by atoms with Crippen molar-refractivity contribution in [1.29, 1.82) is 0 Å². The normalized spacial score (nSPS) is 16.0. The summed E-state index contributed by atoms with van der Waals surface area (Å²) in [5, 5.41) is 17.4. The average Bonchev–Trinajstić information content (AvgIpc) is 1.84. The second-order valence-electron chi connectivity index (χ2n) is 2.11. The fourth-order valence-corrected chi connectivity index (χ4v) is 0.427. The maximum absolute atomic E-state index is 10.5. The van der Waals surface area contributed by atoms with Crippen molar-refractivity contribution in [1.82, 2.24) is 0 Å². The molecule has 2 atom stereocenters. The van der Waals surface area contributed by atoms with Gasteiger partial charge in [-0.15, -0.1) is 0 Å². The highest BCUT2D eigenvalue weighted by atomic mass is 16.3. The standard InChI is InChI=1S/C6H10O4/c1-3(7)5(9)6(10)4(2)8/h3,5,7,9H,1-2H3/t3-,5-/m1/s1. The van der Waals surface area contributed by atoms with Crippen LogP contribution in [-0.2, 0) is 9.59 Å². The topological polar surface area (TPSA) is 74.6 Å². The molecule has 0 aromatic carbocycles. The molecule has 0 fully saturated rings. The Bertz CT molecular complexity index is 150. The molecule has 0 amide bonds. The van der Waals surface area contributed by atoms with Crippen molar-refractivity contribution in [2.24, 2.45) is 0 Å². The SMILES string of the molecule is CC(=O)C(=O)[C@H](O)[C@@H](C)O. The molecule has 0 unspecified atom stereocenters. The molecule has 0 rings (SSSR count). The van der Waals surface area contributed by atoms with E-state index in [9.17, 15) is 9.59 Å². The number of hydrogen-bond acceptors (Lipinski definition) is 4. The Morgan fingerprint density at radius 2 is 1.70 bits per heavy atom. The molecule has 0 saturated heterocycles. The summed E-state index contributed by atoms with van der Waals surface area (Å²) in [5.74, 6) is -1.69. The Hall–Kier alpha value is -0.740. The number of ketones is 2. The monoisotopic (exact) mass is 146 g/mol. The van der Waals surface area contributed by atoms with E-state index in [0.717, 1.165) is 6.92 Å². The molecule has 0 aliphatic heterocycles. The third kappa shape index (κ3) is 2.24. The van der Waals surface area contributed by atoms with Gasteiger partial charge in [-0.25, -0.2) is 0 Å². The van der Waals surface area contributed by atoms with Crippen LogP contribution in [0, 0.1) is 0 Å². The molecule has 4 heteroatoms. The molecule has 2 N–H and O–H groups in total. The van der Waals surface area contributed by atoms with E-state index in [1.165, 1.54) is 6.92 Å². The van der Waals surface area contributed by atoms with Crippen molar-refractivity contribution >= 4 is 11.6 Å². The van der Waals surface area contributed by atoms with E-state index in [1.54, 1.807) is 0 Å². The van der Waals surface area contributed by atoms with Gasteiger partial charge in [-0.1, -0.05) is 0 Å². The number of aliphatic hydroxyl groups is 2. The smallest absolute Gasteiger partial charge is 0.229 e. The summed E-state index contributed by atoms with van der Waals surface area (Å²) in [4.78, 5) is 20.8. The first kappa shape index (κ1) is 9.26. The number of carbonyl (C=O) groups excluding carboxylic acids is 2. The zero-order valence-corrected chi connectivity index (χ0v) is 5.87. The quantitative estimate of drug-likeness (QED) is 0.495. The molecule has 0 aliphatic rings. The van der Waals surface area contributed by atoms with Crippen LogP contribution < -0.4 is 0 Å². The van der Waals surface area contributed by atoms with Crippen molar-refractivity contribution in [2.75, 3.05) is 0 Å². The van der Waals surface area contributed by atoms with Crippen molar-refractivity contribution in [3.63, 3.8) is 0 Å². The third-order valence-corrected chi connectivity index (χ3v) is 1.07. The van der Waals surface area contributed by atoms with Crippen LogP contribution >= 0.6 is 0 Å². The Morgan fingerprint density at radius 1 is 1.30 bits per heavy atom. The lowest BCUT2D eigenvalue weighted by molar-refractivity contribution is -0.143. The summed E-state index contributed by atoms with van der Waals surface area (Å²) >= 11 is 0. The lowest BCUT2D eigenvalue weighted by Crippen LogP contribution is -2.35. The van der Waals surface area contributed by atoms with Crippen molar-refractivity contribution in [3.05, 3.63) is 0 Å². The molecular formula is C6H10O4. The Morgan fingerprint density at radius 3 is 1.80 bits per heavy atom. The third-order valence-electron chi connectivity index (χ3n) is 1.07. The molecule has 0 bridgehead atoms. The molecule has 0 heterocycles. The van der Waals surface area contributed by atoms with Gasteiger partial charge in [0.05, 0.1) is 6.10 Å². The Labute approximate surface area is 58.5 Å². The van der Waals surface area contributed by atoms with Crippen LogP contribution in [0.15, 0.2) is 0 Å². The van der Waals surface area contributed by atoms with Crippen LogP contribution in [0.3, 0.4) is 0 Å². The van der Waals surface area contributed by atoms with Crippen molar-refractivity contribution in [2.45, 2.75) is 26.1 Å². The Balaban J connectivity index is 4.08. The second kappa shape index (κ2) is 3.43. The molecule has 0 aliphatic carbocycles. The number of rotatable bonds is 3. The maximum Gasteiger partial charge on any atom is 0.229 e. The zero-order chi connectivity index (χ0) is 8.31. The van der Waals surface area contributed by atoms with Gasteiger partial charge in [-0.05, 0) is 6.92 Å². The first-order valence-corrected chi connectivity index (χ1v) is 2.87. The van der Waals surface area contributed by atoms with E-state index in [4.69, 9.17) is 10.2 Å². The van der Waals surface area contributed by atoms with E-state index in [-0.39, 0.29) is 0 Å². The van der Waals surface area contributed by atoms with Crippen molar-refractivity contribution < 1.29 is 19.8 Å². The highest BCUT2D eigenvalue weighted by Gasteiger charge is 2.23.